The van der Waals surface area contributed by atoms with E-state index in [9.17, 15) is 9.59 Å². The van der Waals surface area contributed by atoms with E-state index < -0.39 is 0 Å². The molecule has 3 heterocycles. The monoisotopic (exact) mass is 481 g/mol. The van der Waals surface area contributed by atoms with Crippen LogP contribution in [0.15, 0.2) is 24.3 Å². The van der Waals surface area contributed by atoms with Crippen LogP contribution in [0.1, 0.15) is 38.7 Å². The lowest BCUT2D eigenvalue weighted by atomic mass is 9.92. The van der Waals surface area contributed by atoms with E-state index in [0.29, 0.717) is 18.4 Å². The number of nitrogens with one attached hydrogen (secondary N) is 2. The Balaban J connectivity index is 1.28. The van der Waals surface area contributed by atoms with Crippen LogP contribution in [0, 0.1) is 18.8 Å². The summed E-state index contributed by atoms with van der Waals surface area (Å²) >= 11 is 0. The van der Waals surface area contributed by atoms with Gasteiger partial charge in [0.15, 0.2) is 0 Å². The number of carbonyl (C=O) groups is 2. The molecule has 1 aromatic heterocycles. The quantitative estimate of drug-likeness (QED) is 0.602. The van der Waals surface area contributed by atoms with Crippen molar-refractivity contribution in [2.75, 3.05) is 62.7 Å². The van der Waals surface area contributed by atoms with Crippen molar-refractivity contribution in [3.63, 3.8) is 0 Å². The van der Waals surface area contributed by atoms with Crippen LogP contribution in [0.4, 0.5) is 11.5 Å². The van der Waals surface area contributed by atoms with Gasteiger partial charge in [-0.15, -0.1) is 0 Å². The number of ether oxygens (including phenoxy) is 1. The first-order valence-corrected chi connectivity index (χ1v) is 12.9. The van der Waals surface area contributed by atoms with Crippen molar-refractivity contribution in [2.24, 2.45) is 11.8 Å². The number of aromatic nitrogens is 1. The minimum atomic E-state index is -0.161. The molecule has 2 aliphatic rings. The van der Waals surface area contributed by atoms with Crippen LogP contribution < -0.4 is 15.5 Å². The van der Waals surface area contributed by atoms with Crippen LogP contribution in [0.25, 0.3) is 10.9 Å². The highest BCUT2D eigenvalue weighted by Gasteiger charge is 2.23. The molecule has 2 aliphatic heterocycles. The Morgan fingerprint density at radius 2 is 1.77 bits per heavy atom. The van der Waals surface area contributed by atoms with E-state index in [1.165, 1.54) is 6.42 Å². The van der Waals surface area contributed by atoms with Gasteiger partial charge in [0.2, 0.25) is 11.8 Å². The lowest BCUT2D eigenvalue weighted by molar-refractivity contribution is -0.124. The number of amides is 2. The standard InChI is InChI=1S/C27H39N5O3/c1-19-14-20(2)18-32(17-19)25-15-21(3)23-16-22(4-5-24(23)30-25)29-27(34)7-6-26(33)28-8-9-31-10-12-35-13-11-31/h4-5,15-16,19-20H,6-14,17-18H2,1-3H3,(H,28,33)(H,29,34). The number of aryl methyl sites for hydroxylation is 1. The molecule has 0 spiro atoms. The number of carbonyl (C=O) groups excluding carboxylic acids is 2. The topological polar surface area (TPSA) is 86.8 Å². The van der Waals surface area contributed by atoms with E-state index in [1.54, 1.807) is 0 Å². The maximum Gasteiger partial charge on any atom is 0.224 e. The van der Waals surface area contributed by atoms with Crippen molar-refractivity contribution in [3.05, 3.63) is 29.8 Å². The number of fused-ring (bicyclic) bond motifs is 1. The molecule has 2 fully saturated rings. The molecule has 0 bridgehead atoms. The molecule has 2 N–H and O–H groups in total. The molecule has 2 atom stereocenters. The van der Waals surface area contributed by atoms with E-state index in [2.05, 4.69) is 47.3 Å². The predicted octanol–water partition coefficient (Wildman–Crippen LogP) is 3.19. The van der Waals surface area contributed by atoms with Gasteiger partial charge in [-0.1, -0.05) is 13.8 Å². The number of pyridine rings is 1. The van der Waals surface area contributed by atoms with Gasteiger partial charge in [-0.05, 0) is 55.0 Å². The maximum atomic E-state index is 12.4. The van der Waals surface area contributed by atoms with E-state index in [-0.39, 0.29) is 24.7 Å². The first kappa shape index (κ1) is 25.4. The molecule has 4 rings (SSSR count). The van der Waals surface area contributed by atoms with Crippen molar-refractivity contribution in [2.45, 2.75) is 40.0 Å². The molecule has 0 radical (unpaired) electrons. The summed E-state index contributed by atoms with van der Waals surface area (Å²) in [7, 11) is 0. The average molecular weight is 482 g/mol. The summed E-state index contributed by atoms with van der Waals surface area (Å²) in [6, 6.07) is 7.99. The zero-order valence-corrected chi connectivity index (χ0v) is 21.3. The van der Waals surface area contributed by atoms with E-state index in [1.807, 2.05) is 18.2 Å². The molecule has 1 aromatic carbocycles. The fraction of sp³-hybridized carbons (Fsp3) is 0.593. The maximum absolute atomic E-state index is 12.4. The molecule has 0 saturated carbocycles. The van der Waals surface area contributed by atoms with Crippen molar-refractivity contribution in [3.8, 4) is 0 Å². The Bertz CT molecular complexity index is 1030. The molecule has 35 heavy (non-hydrogen) atoms. The summed E-state index contributed by atoms with van der Waals surface area (Å²) in [4.78, 5) is 34.1. The molecular weight excluding hydrogens is 442 g/mol. The molecule has 8 heteroatoms. The SMILES string of the molecule is Cc1cc(N2CC(C)CC(C)C2)nc2ccc(NC(=O)CCC(=O)NCCN3CCOCC3)cc12. The largest absolute Gasteiger partial charge is 0.379 e. The summed E-state index contributed by atoms with van der Waals surface area (Å²) in [5.41, 5.74) is 2.81. The summed E-state index contributed by atoms with van der Waals surface area (Å²) in [6.07, 6.45) is 1.60. The van der Waals surface area contributed by atoms with Gasteiger partial charge in [0, 0.05) is 63.2 Å². The van der Waals surface area contributed by atoms with E-state index >= 15 is 0 Å². The minimum Gasteiger partial charge on any atom is -0.379 e. The van der Waals surface area contributed by atoms with Crippen molar-refractivity contribution in [1.29, 1.82) is 0 Å². The number of hydrogen-bond acceptors (Lipinski definition) is 6. The highest BCUT2D eigenvalue weighted by atomic mass is 16.5. The van der Waals surface area contributed by atoms with E-state index in [0.717, 1.165) is 73.9 Å². The van der Waals surface area contributed by atoms with Gasteiger partial charge in [-0.25, -0.2) is 4.98 Å². The van der Waals surface area contributed by atoms with Crippen molar-refractivity contribution >= 4 is 34.2 Å². The number of morpholine rings is 1. The Morgan fingerprint density at radius 3 is 2.51 bits per heavy atom. The summed E-state index contributed by atoms with van der Waals surface area (Å²) in [5, 5.41) is 6.87. The highest BCUT2D eigenvalue weighted by Crippen LogP contribution is 2.29. The third-order valence-electron chi connectivity index (χ3n) is 6.91. The first-order chi connectivity index (χ1) is 16.9. The van der Waals surface area contributed by atoms with Gasteiger partial charge in [-0.3, -0.25) is 14.5 Å². The zero-order valence-electron chi connectivity index (χ0n) is 21.3. The lowest BCUT2D eigenvalue weighted by Gasteiger charge is -2.36. The third-order valence-corrected chi connectivity index (χ3v) is 6.91. The average Bonchev–Trinajstić information content (AvgIpc) is 2.83. The number of rotatable bonds is 8. The molecule has 2 saturated heterocycles. The highest BCUT2D eigenvalue weighted by molar-refractivity contribution is 5.96. The van der Waals surface area contributed by atoms with Gasteiger partial charge in [0.1, 0.15) is 5.82 Å². The third kappa shape index (κ3) is 7.15. The van der Waals surface area contributed by atoms with Crippen LogP contribution >= 0.6 is 0 Å². The zero-order chi connectivity index (χ0) is 24.8. The number of benzene rings is 1. The number of hydrogen-bond donors (Lipinski definition) is 2. The number of anilines is 2. The second kappa shape index (κ2) is 11.8. The van der Waals surface area contributed by atoms with Crippen LogP contribution in [0.3, 0.4) is 0 Å². The predicted molar refractivity (Wildman–Crippen MR) is 140 cm³/mol. The van der Waals surface area contributed by atoms with Gasteiger partial charge in [0.05, 0.1) is 18.7 Å². The second-order valence-corrected chi connectivity index (χ2v) is 10.2. The van der Waals surface area contributed by atoms with Gasteiger partial charge >= 0.3 is 0 Å². The Labute approximate surface area is 208 Å². The summed E-state index contributed by atoms with van der Waals surface area (Å²) in [5.74, 6) is 2.11. The Morgan fingerprint density at radius 1 is 1.06 bits per heavy atom. The van der Waals surface area contributed by atoms with Crippen molar-refractivity contribution in [1.82, 2.24) is 15.2 Å². The molecule has 2 amide bonds. The van der Waals surface area contributed by atoms with Crippen LogP contribution in [-0.2, 0) is 14.3 Å². The first-order valence-electron chi connectivity index (χ1n) is 12.9. The molecule has 8 nitrogen and oxygen atoms in total. The van der Waals surface area contributed by atoms with Crippen LogP contribution in [0.5, 0.6) is 0 Å². The van der Waals surface area contributed by atoms with Crippen LogP contribution in [-0.4, -0.2) is 74.2 Å². The second-order valence-electron chi connectivity index (χ2n) is 10.2. The molecule has 2 unspecified atom stereocenters. The minimum absolute atomic E-state index is 0.0964. The van der Waals surface area contributed by atoms with E-state index in [4.69, 9.17) is 9.72 Å². The van der Waals surface area contributed by atoms with Crippen LogP contribution in [0.2, 0.25) is 0 Å². The molecule has 2 aromatic rings. The lowest BCUT2D eigenvalue weighted by Crippen LogP contribution is -2.41. The summed E-state index contributed by atoms with van der Waals surface area (Å²) < 4.78 is 5.33. The fourth-order valence-electron chi connectivity index (χ4n) is 5.18. The smallest absolute Gasteiger partial charge is 0.224 e. The Hall–Kier alpha value is -2.71. The van der Waals surface area contributed by atoms with Gasteiger partial charge < -0.3 is 20.3 Å². The van der Waals surface area contributed by atoms with Gasteiger partial charge in [0.25, 0.3) is 0 Å². The molecular formula is C27H39N5O3. The van der Waals surface area contributed by atoms with Crippen molar-refractivity contribution < 1.29 is 14.3 Å². The number of nitrogens with zero attached hydrogens (tertiary/aromatic N) is 3. The van der Waals surface area contributed by atoms with Gasteiger partial charge in [-0.2, -0.15) is 0 Å². The number of piperidine rings is 1. The Kier molecular flexibility index (Phi) is 8.57. The normalized spacial score (nSPS) is 21.2. The molecule has 0 aliphatic carbocycles. The summed E-state index contributed by atoms with van der Waals surface area (Å²) in [6.45, 7) is 13.5. The molecule has 190 valence electrons. The fourth-order valence-corrected chi connectivity index (χ4v) is 5.18.